The van der Waals surface area contributed by atoms with E-state index in [-0.39, 0.29) is 11.3 Å². The first-order chi connectivity index (χ1) is 8.53. The molecule has 1 aromatic carbocycles. The number of ketones is 1. The Hall–Kier alpha value is -1.22. The van der Waals surface area contributed by atoms with Crippen molar-refractivity contribution in [2.75, 3.05) is 0 Å². The van der Waals surface area contributed by atoms with E-state index in [2.05, 4.69) is 0 Å². The zero-order valence-corrected chi connectivity index (χ0v) is 10.7. The molecule has 0 heterocycles. The monoisotopic (exact) mass is 250 g/mol. The van der Waals surface area contributed by atoms with E-state index in [0.29, 0.717) is 18.4 Å². The lowest BCUT2D eigenvalue weighted by Gasteiger charge is -2.25. The standard InChI is InChI=1S/C15H19FO2/c1-11-6-7-12(10-13(11)16)14(17)15(18)8-4-2-3-5-9-15/h6-7,10,18H,2-5,8-9H2,1H3. The Kier molecular flexibility index (Phi) is 3.81. The Bertz CT molecular complexity index is 446. The van der Waals surface area contributed by atoms with Crippen LogP contribution < -0.4 is 0 Å². The van der Waals surface area contributed by atoms with E-state index in [0.717, 1.165) is 25.7 Å². The number of benzene rings is 1. The Morgan fingerprint density at radius 1 is 1.22 bits per heavy atom. The summed E-state index contributed by atoms with van der Waals surface area (Å²) in [6.45, 7) is 1.66. The summed E-state index contributed by atoms with van der Waals surface area (Å²) >= 11 is 0. The van der Waals surface area contributed by atoms with Crippen LogP contribution in [0.3, 0.4) is 0 Å². The van der Waals surface area contributed by atoms with Crippen LogP contribution in [0.15, 0.2) is 18.2 Å². The number of carbonyl (C=O) groups is 1. The average molecular weight is 250 g/mol. The molecule has 1 saturated carbocycles. The molecule has 3 heteroatoms. The minimum atomic E-state index is -1.29. The summed E-state index contributed by atoms with van der Waals surface area (Å²) in [5.41, 5.74) is -0.500. The van der Waals surface area contributed by atoms with Gasteiger partial charge in [0, 0.05) is 5.56 Å². The Balaban J connectivity index is 2.26. The topological polar surface area (TPSA) is 37.3 Å². The fourth-order valence-electron chi connectivity index (χ4n) is 2.54. The summed E-state index contributed by atoms with van der Waals surface area (Å²) in [5, 5.41) is 10.5. The second-order valence-corrected chi connectivity index (χ2v) is 5.24. The van der Waals surface area contributed by atoms with Gasteiger partial charge in [-0.1, -0.05) is 37.8 Å². The minimum absolute atomic E-state index is 0.280. The quantitative estimate of drug-likeness (QED) is 0.645. The number of Topliss-reactive ketones (excluding diaryl/α,β-unsaturated/α-hetero) is 1. The molecule has 1 fully saturated rings. The molecule has 2 nitrogen and oxygen atoms in total. The van der Waals surface area contributed by atoms with Gasteiger partial charge < -0.3 is 5.11 Å². The second-order valence-electron chi connectivity index (χ2n) is 5.24. The largest absolute Gasteiger partial charge is 0.382 e. The molecule has 18 heavy (non-hydrogen) atoms. The summed E-state index contributed by atoms with van der Waals surface area (Å²) in [6.07, 6.45) is 4.80. The summed E-state index contributed by atoms with van der Waals surface area (Å²) in [4.78, 5) is 12.3. The highest BCUT2D eigenvalue weighted by molar-refractivity contribution is 6.02. The molecule has 0 aromatic heterocycles. The number of rotatable bonds is 2. The number of hydrogen-bond acceptors (Lipinski definition) is 2. The lowest BCUT2D eigenvalue weighted by atomic mass is 9.86. The van der Waals surface area contributed by atoms with Crippen LogP contribution in [-0.4, -0.2) is 16.5 Å². The van der Waals surface area contributed by atoms with E-state index in [9.17, 15) is 14.3 Å². The van der Waals surface area contributed by atoms with Crippen molar-refractivity contribution in [2.24, 2.45) is 0 Å². The summed E-state index contributed by atoms with van der Waals surface area (Å²) < 4.78 is 13.5. The van der Waals surface area contributed by atoms with Crippen molar-refractivity contribution in [3.05, 3.63) is 35.1 Å². The maximum atomic E-state index is 13.5. The summed E-state index contributed by atoms with van der Waals surface area (Å²) in [6, 6.07) is 4.42. The Labute approximate surface area is 107 Å². The smallest absolute Gasteiger partial charge is 0.194 e. The highest BCUT2D eigenvalue weighted by Gasteiger charge is 2.36. The molecule has 1 aliphatic rings. The van der Waals surface area contributed by atoms with Gasteiger partial charge in [-0.25, -0.2) is 4.39 Å². The predicted molar refractivity (Wildman–Crippen MR) is 68.1 cm³/mol. The van der Waals surface area contributed by atoms with E-state index in [1.807, 2.05) is 0 Å². The van der Waals surface area contributed by atoms with Crippen molar-refractivity contribution < 1.29 is 14.3 Å². The molecule has 1 aromatic rings. The van der Waals surface area contributed by atoms with Gasteiger partial charge in [0.1, 0.15) is 11.4 Å². The van der Waals surface area contributed by atoms with Crippen LogP contribution in [0.2, 0.25) is 0 Å². The van der Waals surface area contributed by atoms with Gasteiger partial charge in [-0.05, 0) is 31.4 Å². The average Bonchev–Trinajstić information content (AvgIpc) is 2.58. The van der Waals surface area contributed by atoms with E-state index in [4.69, 9.17) is 0 Å². The molecule has 1 N–H and O–H groups in total. The normalized spacial score (nSPS) is 19.3. The third kappa shape index (κ3) is 2.61. The van der Waals surface area contributed by atoms with Gasteiger partial charge in [-0.2, -0.15) is 0 Å². The van der Waals surface area contributed by atoms with Gasteiger partial charge in [0.2, 0.25) is 0 Å². The van der Waals surface area contributed by atoms with E-state index in [1.54, 1.807) is 19.1 Å². The van der Waals surface area contributed by atoms with Gasteiger partial charge >= 0.3 is 0 Å². The SMILES string of the molecule is Cc1ccc(C(=O)C2(O)CCCCCC2)cc1F. The van der Waals surface area contributed by atoms with Crippen LogP contribution in [0.25, 0.3) is 0 Å². The minimum Gasteiger partial charge on any atom is -0.382 e. The van der Waals surface area contributed by atoms with Crippen molar-refractivity contribution in [3.63, 3.8) is 0 Å². The third-order valence-corrected chi connectivity index (χ3v) is 3.79. The van der Waals surface area contributed by atoms with Gasteiger partial charge in [-0.3, -0.25) is 4.79 Å². The molecule has 0 atom stereocenters. The van der Waals surface area contributed by atoms with Crippen LogP contribution in [0, 0.1) is 12.7 Å². The first-order valence-electron chi connectivity index (χ1n) is 6.56. The van der Waals surface area contributed by atoms with Crippen LogP contribution in [-0.2, 0) is 0 Å². The van der Waals surface area contributed by atoms with Crippen molar-refractivity contribution in [1.82, 2.24) is 0 Å². The van der Waals surface area contributed by atoms with Crippen molar-refractivity contribution in [3.8, 4) is 0 Å². The predicted octanol–water partition coefficient (Wildman–Crippen LogP) is 3.40. The van der Waals surface area contributed by atoms with Crippen molar-refractivity contribution in [2.45, 2.75) is 51.0 Å². The maximum absolute atomic E-state index is 13.5. The first kappa shape index (κ1) is 13.2. The molecule has 2 rings (SSSR count). The van der Waals surface area contributed by atoms with Gasteiger partial charge in [-0.15, -0.1) is 0 Å². The van der Waals surface area contributed by atoms with Gasteiger partial charge in [0.05, 0.1) is 0 Å². The molecular formula is C15H19FO2. The maximum Gasteiger partial charge on any atom is 0.194 e. The molecule has 0 spiro atoms. The molecule has 1 aliphatic carbocycles. The summed E-state index contributed by atoms with van der Waals surface area (Å²) in [7, 11) is 0. The zero-order chi connectivity index (χ0) is 13.2. The fourth-order valence-corrected chi connectivity index (χ4v) is 2.54. The number of hydrogen-bond donors (Lipinski definition) is 1. The second kappa shape index (κ2) is 5.19. The number of carbonyl (C=O) groups excluding carboxylic acids is 1. The van der Waals surface area contributed by atoms with Crippen molar-refractivity contribution >= 4 is 5.78 Å². The molecular weight excluding hydrogens is 231 g/mol. The number of halogens is 1. The van der Waals surface area contributed by atoms with E-state index < -0.39 is 11.4 Å². The lowest BCUT2D eigenvalue weighted by Crippen LogP contribution is -2.38. The van der Waals surface area contributed by atoms with E-state index in [1.165, 1.54) is 6.07 Å². The Morgan fingerprint density at radius 2 is 1.83 bits per heavy atom. The molecule has 0 unspecified atom stereocenters. The fraction of sp³-hybridized carbons (Fsp3) is 0.533. The molecule has 0 bridgehead atoms. The molecule has 0 radical (unpaired) electrons. The van der Waals surface area contributed by atoms with Crippen LogP contribution in [0.5, 0.6) is 0 Å². The van der Waals surface area contributed by atoms with Gasteiger partial charge in [0.15, 0.2) is 5.78 Å². The summed E-state index contributed by atoms with van der Waals surface area (Å²) in [5.74, 6) is -0.721. The van der Waals surface area contributed by atoms with Gasteiger partial charge in [0.25, 0.3) is 0 Å². The molecule has 0 saturated heterocycles. The third-order valence-electron chi connectivity index (χ3n) is 3.79. The van der Waals surface area contributed by atoms with Crippen LogP contribution >= 0.6 is 0 Å². The number of aryl methyl sites for hydroxylation is 1. The lowest BCUT2D eigenvalue weighted by molar-refractivity contribution is 0.0238. The molecule has 0 aliphatic heterocycles. The van der Waals surface area contributed by atoms with Crippen molar-refractivity contribution in [1.29, 1.82) is 0 Å². The highest BCUT2D eigenvalue weighted by Crippen LogP contribution is 2.30. The van der Waals surface area contributed by atoms with E-state index >= 15 is 0 Å². The van der Waals surface area contributed by atoms with Crippen LogP contribution in [0.4, 0.5) is 4.39 Å². The number of aliphatic hydroxyl groups is 1. The van der Waals surface area contributed by atoms with Crippen LogP contribution in [0.1, 0.15) is 54.4 Å². The molecule has 98 valence electrons. The zero-order valence-electron chi connectivity index (χ0n) is 10.7. The Morgan fingerprint density at radius 3 is 2.39 bits per heavy atom. The molecule has 0 amide bonds. The highest BCUT2D eigenvalue weighted by atomic mass is 19.1. The first-order valence-corrected chi connectivity index (χ1v) is 6.56.